The molecule has 0 aliphatic heterocycles. The Morgan fingerprint density at radius 1 is 0.744 bits per heavy atom. The number of benzene rings is 3. The van der Waals surface area contributed by atoms with Gasteiger partial charge in [-0.1, -0.05) is 32.0 Å². The second-order valence-electron chi connectivity index (χ2n) is 8.43. The van der Waals surface area contributed by atoms with Crippen molar-refractivity contribution in [3.8, 4) is 11.5 Å². The molecule has 0 aliphatic rings. The minimum atomic E-state index is -1.08. The van der Waals surface area contributed by atoms with Gasteiger partial charge in [0.1, 0.15) is 11.5 Å². The van der Waals surface area contributed by atoms with Crippen LogP contribution in [0.2, 0.25) is 0 Å². The Balaban J connectivity index is 0.00000142. The summed E-state index contributed by atoms with van der Waals surface area (Å²) in [5, 5.41) is 38.4. The van der Waals surface area contributed by atoms with Crippen molar-refractivity contribution in [3.63, 3.8) is 0 Å². The van der Waals surface area contributed by atoms with Crippen molar-refractivity contribution < 1.29 is 46.8 Å². The largest absolute Gasteiger partial charge is 2.00 e. The monoisotopic (exact) mass is 577 g/mol. The molecule has 9 heteroatoms. The molecule has 0 aliphatic carbocycles. The van der Waals surface area contributed by atoms with E-state index in [1.807, 2.05) is 62.4 Å². The second kappa shape index (κ2) is 17.5. The van der Waals surface area contributed by atoms with E-state index < -0.39 is 11.9 Å². The Morgan fingerprint density at radius 3 is 1.38 bits per heavy atom. The molecule has 0 aromatic heterocycles. The van der Waals surface area contributed by atoms with Gasteiger partial charge in [-0.2, -0.15) is 0 Å². The molecule has 209 valence electrons. The number of aliphatic imine (C=N–C) groups is 2. The number of rotatable bonds is 6. The number of hydrogen-bond acceptors (Lipinski definition) is 8. The first-order chi connectivity index (χ1) is 17.9. The van der Waals surface area contributed by atoms with E-state index in [0.29, 0.717) is 11.1 Å². The fourth-order valence-electron chi connectivity index (χ4n) is 3.31. The van der Waals surface area contributed by atoms with E-state index in [1.54, 1.807) is 12.4 Å². The number of carbonyl (C=O) groups excluding carboxylic acids is 2. The number of phenolic OH excluding ortho intramolecular Hbond substituents is 2. The quantitative estimate of drug-likeness (QED) is 0.426. The van der Waals surface area contributed by atoms with Crippen molar-refractivity contribution in [2.75, 3.05) is 0 Å². The number of aromatic hydroxyl groups is 2. The molecule has 0 unspecified atom stereocenters. The van der Waals surface area contributed by atoms with Gasteiger partial charge in [0, 0.05) is 35.5 Å². The topological polar surface area (TPSA) is 145 Å². The Bertz CT molecular complexity index is 1210. The molecule has 1 radical (unpaired) electrons. The Labute approximate surface area is 240 Å². The third-order valence-corrected chi connectivity index (χ3v) is 5.13. The van der Waals surface area contributed by atoms with Crippen LogP contribution in [0.4, 0.5) is 11.4 Å². The molecule has 0 saturated carbocycles. The Morgan fingerprint density at radius 2 is 1.08 bits per heavy atom. The zero-order valence-corrected chi connectivity index (χ0v) is 24.0. The van der Waals surface area contributed by atoms with Crippen LogP contribution in [-0.2, 0) is 39.2 Å². The van der Waals surface area contributed by atoms with Crippen LogP contribution in [0.15, 0.2) is 58.5 Å². The van der Waals surface area contributed by atoms with Gasteiger partial charge in [-0.05, 0) is 93.1 Å². The van der Waals surface area contributed by atoms with Crippen LogP contribution in [0.3, 0.4) is 0 Å². The maximum absolute atomic E-state index is 10.3. The van der Waals surface area contributed by atoms with Crippen molar-refractivity contribution >= 4 is 35.7 Å². The van der Waals surface area contributed by atoms with Crippen molar-refractivity contribution in [1.29, 1.82) is 0 Å². The number of nitrogens with zero attached hydrogens (tertiary/aromatic N) is 2. The van der Waals surface area contributed by atoms with Crippen LogP contribution in [0.1, 0.15) is 61.1 Å². The van der Waals surface area contributed by atoms with E-state index >= 15 is 0 Å². The third-order valence-electron chi connectivity index (χ3n) is 5.13. The molecule has 0 amide bonds. The molecule has 8 nitrogen and oxygen atoms in total. The van der Waals surface area contributed by atoms with Crippen LogP contribution >= 0.6 is 0 Å². The number of carbonyl (C=O) groups is 2. The average Bonchev–Trinajstić information content (AvgIpc) is 2.85. The average molecular weight is 578 g/mol. The molecule has 0 heterocycles. The standard InChI is InChI=1S/C26H28N2O2.2C2H4O2.Co/c1-5-19-10-17(3)25(29)21(12-19)15-27-23-8-7-9-24(14-23)28-16-22-13-20(6-2)11-18(4)26(22)30;2*1-2(3)4;/h7-16,29-30H,5-6H2,1-4H3;2*1H3,(H,3,4);/q;;;+2/p-2. The predicted octanol–water partition coefficient (Wildman–Crippen LogP) is 3.85. The van der Waals surface area contributed by atoms with Crippen molar-refractivity contribution in [1.82, 2.24) is 0 Å². The van der Waals surface area contributed by atoms with E-state index in [-0.39, 0.29) is 28.3 Å². The molecule has 0 saturated heterocycles. The summed E-state index contributed by atoms with van der Waals surface area (Å²) in [5.74, 6) is -1.65. The summed E-state index contributed by atoms with van der Waals surface area (Å²) in [6.07, 6.45) is 5.17. The van der Waals surface area contributed by atoms with Gasteiger partial charge >= 0.3 is 16.8 Å². The number of phenols is 2. The van der Waals surface area contributed by atoms with E-state index in [1.165, 1.54) is 0 Å². The van der Waals surface area contributed by atoms with E-state index in [0.717, 1.165) is 60.3 Å². The molecule has 0 bridgehead atoms. The summed E-state index contributed by atoms with van der Waals surface area (Å²) >= 11 is 0. The van der Waals surface area contributed by atoms with Gasteiger partial charge in [-0.15, -0.1) is 0 Å². The summed E-state index contributed by atoms with van der Waals surface area (Å²) in [5.41, 5.74) is 6.91. The first-order valence-corrected chi connectivity index (χ1v) is 12.1. The first-order valence-electron chi connectivity index (χ1n) is 12.1. The zero-order chi connectivity index (χ0) is 28.8. The summed E-state index contributed by atoms with van der Waals surface area (Å²) < 4.78 is 0. The number of aliphatic carboxylic acids is 2. The molecule has 39 heavy (non-hydrogen) atoms. The normalized spacial score (nSPS) is 10.2. The summed E-state index contributed by atoms with van der Waals surface area (Å²) in [7, 11) is 0. The van der Waals surface area contributed by atoms with Crippen LogP contribution in [0.5, 0.6) is 11.5 Å². The molecule has 0 spiro atoms. The number of hydrogen-bond donors (Lipinski definition) is 2. The van der Waals surface area contributed by atoms with Crippen LogP contribution in [0.25, 0.3) is 0 Å². The fraction of sp³-hybridized carbons (Fsp3) is 0.267. The number of aryl methyl sites for hydroxylation is 4. The Kier molecular flexibility index (Phi) is 15.8. The summed E-state index contributed by atoms with van der Waals surface area (Å²) in [4.78, 5) is 26.8. The van der Waals surface area contributed by atoms with E-state index in [9.17, 15) is 10.2 Å². The molecule has 3 aromatic rings. The first kappa shape index (κ1) is 35.0. The van der Waals surface area contributed by atoms with Gasteiger partial charge in [-0.25, -0.2) is 0 Å². The van der Waals surface area contributed by atoms with Gasteiger partial charge in [-0.3, -0.25) is 9.98 Å². The molecule has 0 atom stereocenters. The second-order valence-corrected chi connectivity index (χ2v) is 8.43. The number of carboxylic acids is 2. The molecule has 3 aromatic carbocycles. The SMILES string of the molecule is CC(=O)[O-].CC(=O)[O-].CCc1cc(C)c(O)c(C=Nc2cccc(N=Cc3cc(CC)cc(C)c3O)c2)c1.[Co+2]. The van der Waals surface area contributed by atoms with Gasteiger partial charge in [0.15, 0.2) is 0 Å². The van der Waals surface area contributed by atoms with E-state index in [4.69, 9.17) is 19.8 Å². The van der Waals surface area contributed by atoms with Crippen LogP contribution < -0.4 is 10.2 Å². The predicted molar refractivity (Wildman–Crippen MR) is 147 cm³/mol. The van der Waals surface area contributed by atoms with Gasteiger partial charge in [0.25, 0.3) is 0 Å². The van der Waals surface area contributed by atoms with Crippen LogP contribution in [0, 0.1) is 13.8 Å². The fourth-order valence-corrected chi connectivity index (χ4v) is 3.31. The minimum absolute atomic E-state index is 0. The molecular weight excluding hydrogens is 543 g/mol. The van der Waals surface area contributed by atoms with Crippen LogP contribution in [-0.4, -0.2) is 34.6 Å². The maximum Gasteiger partial charge on any atom is 2.00 e. The summed E-state index contributed by atoms with van der Waals surface area (Å²) in [6.45, 7) is 9.91. The molecular formula is C30H34CoN2O6. The molecule has 3 rings (SSSR count). The number of carboxylic acid groups (broad SMARTS) is 2. The third kappa shape index (κ3) is 12.9. The van der Waals surface area contributed by atoms with E-state index in [2.05, 4.69) is 23.8 Å². The van der Waals surface area contributed by atoms with Gasteiger partial charge < -0.3 is 30.0 Å². The zero-order valence-electron chi connectivity index (χ0n) is 22.9. The van der Waals surface area contributed by atoms with Crippen molar-refractivity contribution in [2.24, 2.45) is 9.98 Å². The van der Waals surface area contributed by atoms with Gasteiger partial charge in [0.2, 0.25) is 0 Å². The minimum Gasteiger partial charge on any atom is -0.550 e. The van der Waals surface area contributed by atoms with Gasteiger partial charge in [0.05, 0.1) is 11.4 Å². The molecule has 2 N–H and O–H groups in total. The van der Waals surface area contributed by atoms with Crippen molar-refractivity contribution in [3.05, 3.63) is 81.9 Å². The summed E-state index contributed by atoms with van der Waals surface area (Å²) in [6, 6.07) is 15.4. The Hall–Kier alpha value is -3.95. The smallest absolute Gasteiger partial charge is 0.550 e. The maximum atomic E-state index is 10.3. The van der Waals surface area contributed by atoms with Crippen molar-refractivity contribution in [2.45, 2.75) is 54.4 Å². The molecule has 0 fully saturated rings.